The molecule has 0 bridgehead atoms. The van der Waals surface area contributed by atoms with Gasteiger partial charge >= 0.3 is 6.03 Å². The number of amides is 3. The van der Waals surface area contributed by atoms with Gasteiger partial charge in [-0.1, -0.05) is 60.3 Å². The lowest BCUT2D eigenvalue weighted by molar-refractivity contribution is 0.0982. The normalized spacial score (nSPS) is 12.5. The fourth-order valence-corrected chi connectivity index (χ4v) is 5.62. The second kappa shape index (κ2) is 10.2. The molecule has 4 aromatic rings. The van der Waals surface area contributed by atoms with E-state index < -0.39 is 0 Å². The maximum absolute atomic E-state index is 13.6. The Morgan fingerprint density at radius 2 is 1.71 bits per heavy atom. The number of carbonyl (C=O) groups is 2. The zero-order valence-electron chi connectivity index (χ0n) is 18.4. The van der Waals surface area contributed by atoms with Crippen LogP contribution >= 0.6 is 23.1 Å². The second-order valence-corrected chi connectivity index (χ2v) is 9.98. The summed E-state index contributed by atoms with van der Waals surface area (Å²) in [5.41, 5.74) is 3.15. The number of thiophene rings is 1. The molecule has 34 heavy (non-hydrogen) atoms. The highest BCUT2D eigenvalue weighted by molar-refractivity contribution is 7.99. The molecule has 0 aliphatic carbocycles. The van der Waals surface area contributed by atoms with Crippen molar-refractivity contribution in [2.24, 2.45) is 0 Å². The molecule has 0 saturated carbocycles. The van der Waals surface area contributed by atoms with Crippen molar-refractivity contribution in [3.05, 3.63) is 106 Å². The van der Waals surface area contributed by atoms with Crippen LogP contribution in [0.4, 0.5) is 16.2 Å². The van der Waals surface area contributed by atoms with Crippen molar-refractivity contribution in [1.82, 2.24) is 5.32 Å². The highest BCUT2D eigenvalue weighted by atomic mass is 32.2. The van der Waals surface area contributed by atoms with E-state index in [1.165, 1.54) is 4.88 Å². The van der Waals surface area contributed by atoms with E-state index in [0.29, 0.717) is 24.3 Å². The number of rotatable bonds is 6. The molecule has 1 aromatic heterocycles. The molecule has 0 atom stereocenters. The third-order valence-electron chi connectivity index (χ3n) is 5.51. The molecule has 3 aromatic carbocycles. The summed E-state index contributed by atoms with van der Waals surface area (Å²) in [6.07, 6.45) is 0.795. The SMILES string of the molecule is O=C(NCCc1cccs1)Nc1ccc2c(c1)N(Cc1ccccc1)C(=O)c1ccccc1S2. The Morgan fingerprint density at radius 1 is 0.882 bits per heavy atom. The van der Waals surface area contributed by atoms with Gasteiger partial charge in [-0.2, -0.15) is 0 Å². The van der Waals surface area contributed by atoms with Gasteiger partial charge in [-0.25, -0.2) is 4.79 Å². The van der Waals surface area contributed by atoms with Gasteiger partial charge in [-0.05, 0) is 53.8 Å². The molecule has 170 valence electrons. The summed E-state index contributed by atoms with van der Waals surface area (Å²) < 4.78 is 0. The minimum Gasteiger partial charge on any atom is -0.338 e. The van der Waals surface area contributed by atoms with E-state index in [4.69, 9.17) is 0 Å². The van der Waals surface area contributed by atoms with Gasteiger partial charge in [-0.15, -0.1) is 11.3 Å². The van der Waals surface area contributed by atoms with Crippen LogP contribution in [0.25, 0.3) is 0 Å². The summed E-state index contributed by atoms with van der Waals surface area (Å²) >= 11 is 3.25. The number of fused-ring (bicyclic) bond motifs is 2. The standard InChI is InChI=1S/C27H23N3O2S2/c31-26-22-10-4-5-11-24(22)34-25-13-12-20(29-27(32)28-15-14-21-9-6-16-33-21)17-23(25)30(26)18-19-7-2-1-3-8-19/h1-13,16-17H,14-15,18H2,(H2,28,29,32). The lowest BCUT2D eigenvalue weighted by atomic mass is 10.1. The number of urea groups is 1. The molecule has 7 heteroatoms. The molecule has 2 N–H and O–H groups in total. The Balaban J connectivity index is 1.39. The highest BCUT2D eigenvalue weighted by Gasteiger charge is 2.27. The molecular weight excluding hydrogens is 462 g/mol. The number of hydrogen-bond donors (Lipinski definition) is 2. The highest BCUT2D eigenvalue weighted by Crippen LogP contribution is 2.43. The fourth-order valence-electron chi connectivity index (χ4n) is 3.85. The lowest BCUT2D eigenvalue weighted by Gasteiger charge is -2.24. The van der Waals surface area contributed by atoms with Gasteiger partial charge < -0.3 is 15.5 Å². The maximum Gasteiger partial charge on any atom is 0.319 e. The van der Waals surface area contributed by atoms with Crippen LogP contribution in [0.15, 0.2) is 100 Å². The minimum atomic E-state index is -0.262. The van der Waals surface area contributed by atoms with Gasteiger partial charge in [0.05, 0.1) is 17.8 Å². The predicted octanol–water partition coefficient (Wildman–Crippen LogP) is 6.42. The smallest absolute Gasteiger partial charge is 0.319 e. The number of benzene rings is 3. The fraction of sp³-hybridized carbons (Fsp3) is 0.111. The summed E-state index contributed by atoms with van der Waals surface area (Å²) in [6.45, 7) is 0.999. The van der Waals surface area contributed by atoms with Gasteiger partial charge in [0.25, 0.3) is 5.91 Å². The van der Waals surface area contributed by atoms with Crippen LogP contribution in [0.1, 0.15) is 20.8 Å². The van der Waals surface area contributed by atoms with Crippen molar-refractivity contribution >= 4 is 46.4 Å². The van der Waals surface area contributed by atoms with Crippen LogP contribution in [-0.4, -0.2) is 18.5 Å². The van der Waals surface area contributed by atoms with E-state index in [0.717, 1.165) is 27.5 Å². The molecule has 1 aliphatic heterocycles. The number of nitrogens with zero attached hydrogens (tertiary/aromatic N) is 1. The molecule has 0 spiro atoms. The Kier molecular flexibility index (Phi) is 6.65. The van der Waals surface area contributed by atoms with E-state index in [2.05, 4.69) is 16.7 Å². The Hall–Kier alpha value is -3.55. The summed E-state index contributed by atoms with van der Waals surface area (Å²) in [5.74, 6) is -0.0525. The van der Waals surface area contributed by atoms with Crippen molar-refractivity contribution in [1.29, 1.82) is 0 Å². The monoisotopic (exact) mass is 485 g/mol. The summed E-state index contributed by atoms with van der Waals surface area (Å²) in [4.78, 5) is 31.0. The molecule has 5 rings (SSSR count). The summed E-state index contributed by atoms with van der Waals surface area (Å²) in [5, 5.41) is 7.86. The van der Waals surface area contributed by atoms with E-state index >= 15 is 0 Å². The van der Waals surface area contributed by atoms with Gasteiger partial charge in [0.2, 0.25) is 0 Å². The molecular formula is C27H23N3O2S2. The minimum absolute atomic E-state index is 0.0525. The van der Waals surface area contributed by atoms with Gasteiger partial charge in [0.15, 0.2) is 0 Å². The second-order valence-electron chi connectivity index (χ2n) is 7.87. The van der Waals surface area contributed by atoms with Gasteiger partial charge in [0.1, 0.15) is 0 Å². The zero-order chi connectivity index (χ0) is 23.3. The number of carbonyl (C=O) groups excluding carboxylic acids is 2. The molecule has 2 heterocycles. The molecule has 0 fully saturated rings. The van der Waals surface area contributed by atoms with Crippen LogP contribution in [0, 0.1) is 0 Å². The molecule has 3 amide bonds. The average Bonchev–Trinajstić information content (AvgIpc) is 3.34. The number of nitrogens with one attached hydrogen (secondary N) is 2. The zero-order valence-corrected chi connectivity index (χ0v) is 20.0. The first kappa shape index (κ1) is 22.3. The van der Waals surface area contributed by atoms with Crippen molar-refractivity contribution < 1.29 is 9.59 Å². The first-order valence-corrected chi connectivity index (χ1v) is 12.7. The van der Waals surface area contributed by atoms with Crippen molar-refractivity contribution in [2.75, 3.05) is 16.8 Å². The molecule has 1 aliphatic rings. The summed E-state index contributed by atoms with van der Waals surface area (Å²) in [7, 11) is 0. The molecule has 0 radical (unpaired) electrons. The third kappa shape index (κ3) is 5.00. The van der Waals surface area contributed by atoms with Crippen molar-refractivity contribution in [2.45, 2.75) is 22.8 Å². The number of hydrogen-bond acceptors (Lipinski definition) is 4. The van der Waals surface area contributed by atoms with Gasteiger partial charge in [0, 0.05) is 26.9 Å². The Labute approximate surface area is 206 Å². The quantitative estimate of drug-likeness (QED) is 0.331. The van der Waals surface area contributed by atoms with Crippen LogP contribution in [0.2, 0.25) is 0 Å². The largest absolute Gasteiger partial charge is 0.338 e. The van der Waals surface area contributed by atoms with Crippen molar-refractivity contribution in [3.8, 4) is 0 Å². The Bertz CT molecular complexity index is 1310. The predicted molar refractivity (Wildman–Crippen MR) is 139 cm³/mol. The average molecular weight is 486 g/mol. The lowest BCUT2D eigenvalue weighted by Crippen LogP contribution is -2.31. The maximum atomic E-state index is 13.6. The third-order valence-corrected chi connectivity index (χ3v) is 7.59. The van der Waals surface area contributed by atoms with Crippen LogP contribution in [-0.2, 0) is 13.0 Å². The van der Waals surface area contributed by atoms with Crippen molar-refractivity contribution in [3.63, 3.8) is 0 Å². The van der Waals surface area contributed by atoms with Crippen LogP contribution < -0.4 is 15.5 Å². The van der Waals surface area contributed by atoms with E-state index in [1.54, 1.807) is 28.0 Å². The molecule has 0 unspecified atom stereocenters. The van der Waals surface area contributed by atoms with E-state index in [9.17, 15) is 9.59 Å². The van der Waals surface area contributed by atoms with E-state index in [1.807, 2.05) is 84.2 Å². The molecule has 0 saturated heterocycles. The first-order valence-electron chi connectivity index (χ1n) is 11.0. The van der Waals surface area contributed by atoms with Crippen LogP contribution in [0.3, 0.4) is 0 Å². The molecule has 5 nitrogen and oxygen atoms in total. The summed E-state index contributed by atoms with van der Waals surface area (Å²) in [6, 6.07) is 27.2. The first-order chi connectivity index (χ1) is 16.7. The topological polar surface area (TPSA) is 61.4 Å². The Morgan fingerprint density at radius 3 is 2.53 bits per heavy atom. The number of anilines is 2. The van der Waals surface area contributed by atoms with Crippen LogP contribution in [0.5, 0.6) is 0 Å². The van der Waals surface area contributed by atoms with E-state index in [-0.39, 0.29) is 11.9 Å². The van der Waals surface area contributed by atoms with Gasteiger partial charge in [-0.3, -0.25) is 4.79 Å².